The zero-order valence-electron chi connectivity index (χ0n) is 21.8. The van der Waals surface area contributed by atoms with Crippen LogP contribution in [0.3, 0.4) is 0 Å². The zero-order chi connectivity index (χ0) is 27.8. The van der Waals surface area contributed by atoms with Crippen molar-refractivity contribution in [2.24, 2.45) is 0 Å². The Hall–Kier alpha value is -4.50. The third kappa shape index (κ3) is 6.69. The number of amides is 2. The number of hydrogen-bond donors (Lipinski definition) is 2. The largest absolute Gasteiger partial charge is 0.348 e. The van der Waals surface area contributed by atoms with Crippen LogP contribution < -0.4 is 14.9 Å². The van der Waals surface area contributed by atoms with Crippen LogP contribution in [0.2, 0.25) is 0 Å². The zero-order valence-corrected chi connectivity index (χ0v) is 22.6. The first-order chi connectivity index (χ1) is 18.8. The molecular weight excluding hydrogens is 512 g/mol. The number of pyridine rings is 1. The van der Waals surface area contributed by atoms with Crippen molar-refractivity contribution in [1.29, 1.82) is 0 Å². The summed E-state index contributed by atoms with van der Waals surface area (Å²) in [5, 5.41) is 5.57. The Morgan fingerprint density at radius 1 is 0.897 bits per heavy atom. The van der Waals surface area contributed by atoms with Gasteiger partial charge in [-0.15, -0.1) is 0 Å². The summed E-state index contributed by atoms with van der Waals surface area (Å²) in [6.45, 7) is 3.60. The lowest BCUT2D eigenvalue weighted by Gasteiger charge is -2.26. The predicted molar refractivity (Wildman–Crippen MR) is 152 cm³/mol. The van der Waals surface area contributed by atoms with Gasteiger partial charge in [0.2, 0.25) is 5.91 Å². The summed E-state index contributed by atoms with van der Waals surface area (Å²) in [5.41, 5.74) is 3.51. The Balaban J connectivity index is 1.59. The fourth-order valence-electron chi connectivity index (χ4n) is 4.08. The summed E-state index contributed by atoms with van der Waals surface area (Å²) in [4.78, 5) is 30.4. The van der Waals surface area contributed by atoms with Gasteiger partial charge in [0.25, 0.3) is 15.9 Å². The number of anilines is 2. The van der Waals surface area contributed by atoms with Gasteiger partial charge in [-0.2, -0.15) is 0 Å². The van der Waals surface area contributed by atoms with Gasteiger partial charge in [0.1, 0.15) is 6.54 Å². The number of hydrogen-bond acceptors (Lipinski definition) is 5. The maximum Gasteiger partial charge on any atom is 0.264 e. The molecule has 2 amide bonds. The van der Waals surface area contributed by atoms with Crippen molar-refractivity contribution in [3.8, 4) is 0 Å². The lowest BCUT2D eigenvalue weighted by molar-refractivity contribution is -0.114. The van der Waals surface area contributed by atoms with E-state index in [2.05, 4.69) is 15.6 Å². The van der Waals surface area contributed by atoms with Crippen molar-refractivity contribution in [2.45, 2.75) is 31.7 Å². The van der Waals surface area contributed by atoms with Crippen LogP contribution in [0.25, 0.3) is 0 Å². The Labute approximate surface area is 228 Å². The third-order valence-corrected chi connectivity index (χ3v) is 7.93. The highest BCUT2D eigenvalue weighted by Crippen LogP contribution is 2.28. The minimum atomic E-state index is -4.07. The average molecular weight is 543 g/mol. The highest BCUT2D eigenvalue weighted by Gasteiger charge is 2.29. The minimum Gasteiger partial charge on any atom is -0.348 e. The van der Waals surface area contributed by atoms with E-state index in [1.807, 2.05) is 32.0 Å². The predicted octanol–water partition coefficient (Wildman–Crippen LogP) is 4.72. The summed E-state index contributed by atoms with van der Waals surface area (Å²) < 4.78 is 28.7. The molecule has 2 N–H and O–H groups in total. The topological polar surface area (TPSA) is 108 Å². The van der Waals surface area contributed by atoms with Crippen LogP contribution in [-0.4, -0.2) is 31.8 Å². The first-order valence-corrected chi connectivity index (χ1v) is 14.0. The second kappa shape index (κ2) is 12.4. The molecule has 0 spiro atoms. The second-order valence-corrected chi connectivity index (χ2v) is 10.8. The number of aromatic nitrogens is 1. The van der Waals surface area contributed by atoms with E-state index < -0.39 is 22.5 Å². The van der Waals surface area contributed by atoms with E-state index in [9.17, 15) is 18.0 Å². The van der Waals surface area contributed by atoms with Crippen LogP contribution in [-0.2, 0) is 27.8 Å². The monoisotopic (exact) mass is 542 g/mol. The average Bonchev–Trinajstić information content (AvgIpc) is 2.95. The van der Waals surface area contributed by atoms with E-state index in [0.29, 0.717) is 12.1 Å². The number of para-hydroxylation sites is 2. The molecule has 4 rings (SSSR count). The van der Waals surface area contributed by atoms with Gasteiger partial charge in [-0.3, -0.25) is 18.9 Å². The van der Waals surface area contributed by atoms with Gasteiger partial charge in [0.15, 0.2) is 0 Å². The van der Waals surface area contributed by atoms with E-state index in [0.717, 1.165) is 21.0 Å². The highest BCUT2D eigenvalue weighted by atomic mass is 32.2. The molecule has 4 aromatic rings. The molecule has 0 bridgehead atoms. The molecule has 1 aromatic heterocycles. The molecule has 200 valence electrons. The normalized spacial score (nSPS) is 11.0. The molecule has 0 saturated carbocycles. The minimum absolute atomic E-state index is 0.0852. The van der Waals surface area contributed by atoms with E-state index in [1.165, 1.54) is 12.1 Å². The Morgan fingerprint density at radius 3 is 2.33 bits per heavy atom. The number of carbonyl (C=O) groups is 2. The van der Waals surface area contributed by atoms with Gasteiger partial charge in [-0.1, -0.05) is 61.0 Å². The van der Waals surface area contributed by atoms with Gasteiger partial charge in [0, 0.05) is 18.9 Å². The van der Waals surface area contributed by atoms with Crippen molar-refractivity contribution in [2.75, 3.05) is 16.2 Å². The molecule has 8 nitrogen and oxygen atoms in total. The third-order valence-electron chi connectivity index (χ3n) is 6.16. The van der Waals surface area contributed by atoms with Gasteiger partial charge in [-0.05, 0) is 60.9 Å². The molecule has 3 aromatic carbocycles. The van der Waals surface area contributed by atoms with Crippen molar-refractivity contribution >= 4 is 33.2 Å². The number of rotatable bonds is 10. The van der Waals surface area contributed by atoms with Crippen molar-refractivity contribution < 1.29 is 18.0 Å². The molecule has 0 fully saturated rings. The Kier molecular flexibility index (Phi) is 8.73. The molecule has 0 aliphatic carbocycles. The molecule has 0 atom stereocenters. The van der Waals surface area contributed by atoms with E-state index >= 15 is 0 Å². The summed E-state index contributed by atoms with van der Waals surface area (Å²) in [6, 6.07) is 23.8. The highest BCUT2D eigenvalue weighted by molar-refractivity contribution is 7.92. The summed E-state index contributed by atoms with van der Waals surface area (Å²) in [7, 11) is -4.07. The summed E-state index contributed by atoms with van der Waals surface area (Å²) >= 11 is 0. The molecule has 39 heavy (non-hydrogen) atoms. The number of sulfonamides is 1. The fraction of sp³-hybridized carbons (Fsp3) is 0.167. The van der Waals surface area contributed by atoms with E-state index in [1.54, 1.807) is 67.0 Å². The maximum atomic E-state index is 13.8. The molecular formula is C30H30N4O4S. The molecule has 0 unspecified atom stereocenters. The van der Waals surface area contributed by atoms with Crippen LogP contribution in [0, 0.1) is 6.92 Å². The van der Waals surface area contributed by atoms with Crippen LogP contribution in [0.4, 0.5) is 11.4 Å². The Morgan fingerprint density at radius 2 is 1.62 bits per heavy atom. The molecule has 0 aliphatic heterocycles. The lowest BCUT2D eigenvalue weighted by atomic mass is 10.1. The molecule has 1 heterocycles. The molecule has 0 radical (unpaired) electrons. The molecule has 0 saturated heterocycles. The quantitative estimate of drug-likeness (QED) is 0.302. The van der Waals surface area contributed by atoms with E-state index in [-0.39, 0.29) is 28.6 Å². The first kappa shape index (κ1) is 27.5. The molecule has 9 heteroatoms. The lowest BCUT2D eigenvalue weighted by Crippen LogP contribution is -2.39. The number of nitrogens with one attached hydrogen (secondary N) is 2. The summed E-state index contributed by atoms with van der Waals surface area (Å²) in [5.74, 6) is -0.959. The van der Waals surface area contributed by atoms with Crippen molar-refractivity contribution in [3.05, 3.63) is 120 Å². The van der Waals surface area contributed by atoms with Gasteiger partial charge >= 0.3 is 0 Å². The number of benzene rings is 3. The van der Waals surface area contributed by atoms with Crippen LogP contribution >= 0.6 is 0 Å². The summed E-state index contributed by atoms with van der Waals surface area (Å²) in [6.07, 6.45) is 3.89. The van der Waals surface area contributed by atoms with E-state index in [4.69, 9.17) is 0 Å². The number of nitrogens with zero attached hydrogens (tertiary/aromatic N) is 2. The smallest absolute Gasteiger partial charge is 0.264 e. The number of aryl methyl sites for hydroxylation is 2. The van der Waals surface area contributed by atoms with Crippen molar-refractivity contribution in [3.63, 3.8) is 0 Å². The van der Waals surface area contributed by atoms with Crippen LogP contribution in [0.5, 0.6) is 0 Å². The van der Waals surface area contributed by atoms with Gasteiger partial charge < -0.3 is 10.6 Å². The standard InChI is InChI=1S/C30H30N4O4S/c1-3-24-10-4-7-13-28(24)34(39(37,38)25-16-14-22(2)15-17-25)21-29(35)33-27-12-6-5-11-26(27)30(36)32-20-23-9-8-18-31-19-23/h4-19H,3,20-21H2,1-2H3,(H,32,36)(H,33,35). The SMILES string of the molecule is CCc1ccccc1N(CC(=O)Nc1ccccc1C(=O)NCc1cccnc1)S(=O)(=O)c1ccc(C)cc1. The van der Waals surface area contributed by atoms with Crippen LogP contribution in [0.1, 0.15) is 34.0 Å². The fourth-order valence-corrected chi connectivity index (χ4v) is 5.54. The van der Waals surface area contributed by atoms with Crippen LogP contribution in [0.15, 0.2) is 102 Å². The van der Waals surface area contributed by atoms with Crippen molar-refractivity contribution in [1.82, 2.24) is 10.3 Å². The first-order valence-electron chi connectivity index (χ1n) is 12.5. The van der Waals surface area contributed by atoms with Gasteiger partial charge in [0.05, 0.1) is 21.8 Å². The van der Waals surface area contributed by atoms with Gasteiger partial charge in [-0.25, -0.2) is 8.42 Å². The molecule has 0 aliphatic rings. The Bertz CT molecular complexity index is 1560. The second-order valence-electron chi connectivity index (χ2n) is 8.94. The number of carbonyl (C=O) groups excluding carboxylic acids is 2. The maximum absolute atomic E-state index is 13.8.